The molecule has 3 aromatic carbocycles. The number of carbonyl (C=O) groups excluding carboxylic acids is 1. The van der Waals surface area contributed by atoms with Crippen molar-refractivity contribution in [3.8, 4) is 0 Å². The highest BCUT2D eigenvalue weighted by Crippen LogP contribution is 2.32. The maximum absolute atomic E-state index is 12.9. The molecule has 1 amide bonds. The highest BCUT2D eigenvalue weighted by molar-refractivity contribution is 6.02. The average molecular weight is 413 g/mol. The number of fused-ring (bicyclic) bond motifs is 1. The van der Waals surface area contributed by atoms with E-state index in [1.807, 2.05) is 52.3 Å². The molecule has 1 saturated heterocycles. The van der Waals surface area contributed by atoms with Crippen molar-refractivity contribution in [2.45, 2.75) is 6.18 Å². The molecule has 0 aliphatic carbocycles. The molecule has 0 radical (unpaired) electrons. The van der Waals surface area contributed by atoms with E-state index in [-0.39, 0.29) is 12.5 Å². The number of amides is 1. The fourth-order valence-electron chi connectivity index (χ4n) is 3.77. The number of carbonyl (C=O) groups is 1. The number of halogens is 3. The van der Waals surface area contributed by atoms with Gasteiger partial charge in [0.2, 0.25) is 5.91 Å². The average Bonchev–Trinajstić information content (AvgIpc) is 2.74. The summed E-state index contributed by atoms with van der Waals surface area (Å²) in [7, 11) is 0. The molecular formula is C23H22F3N3O. The van der Waals surface area contributed by atoms with Gasteiger partial charge in [0, 0.05) is 42.9 Å². The minimum atomic E-state index is -4.35. The van der Waals surface area contributed by atoms with Crippen LogP contribution in [0.4, 0.5) is 24.5 Å². The highest BCUT2D eigenvalue weighted by Gasteiger charge is 2.31. The predicted molar refractivity (Wildman–Crippen MR) is 113 cm³/mol. The van der Waals surface area contributed by atoms with Gasteiger partial charge in [-0.1, -0.05) is 42.5 Å². The molecule has 0 unspecified atom stereocenters. The smallest absolute Gasteiger partial charge is 0.369 e. The third-order valence-corrected chi connectivity index (χ3v) is 5.34. The topological polar surface area (TPSA) is 35.6 Å². The number of hydrogen-bond donors (Lipinski definition) is 1. The van der Waals surface area contributed by atoms with Crippen LogP contribution in [0.25, 0.3) is 10.8 Å². The van der Waals surface area contributed by atoms with Gasteiger partial charge in [-0.15, -0.1) is 0 Å². The highest BCUT2D eigenvalue weighted by atomic mass is 19.4. The van der Waals surface area contributed by atoms with Crippen LogP contribution in [0.15, 0.2) is 66.7 Å². The Bertz CT molecular complexity index is 1040. The molecule has 0 atom stereocenters. The molecule has 4 nitrogen and oxygen atoms in total. The van der Waals surface area contributed by atoms with Crippen molar-refractivity contribution in [1.29, 1.82) is 0 Å². The Morgan fingerprint density at radius 1 is 0.900 bits per heavy atom. The quantitative estimate of drug-likeness (QED) is 0.678. The van der Waals surface area contributed by atoms with Gasteiger partial charge in [-0.2, -0.15) is 13.2 Å². The number of alkyl halides is 3. The van der Waals surface area contributed by atoms with E-state index in [0.29, 0.717) is 31.9 Å². The third-order valence-electron chi connectivity index (χ3n) is 5.34. The minimum Gasteiger partial charge on any atom is -0.369 e. The molecule has 1 aliphatic heterocycles. The Morgan fingerprint density at radius 3 is 2.37 bits per heavy atom. The van der Waals surface area contributed by atoms with Crippen molar-refractivity contribution in [1.82, 2.24) is 4.90 Å². The Hall–Kier alpha value is -3.06. The Morgan fingerprint density at radius 2 is 1.60 bits per heavy atom. The molecule has 3 aromatic rings. The van der Waals surface area contributed by atoms with E-state index < -0.39 is 11.7 Å². The number of benzene rings is 3. The molecule has 30 heavy (non-hydrogen) atoms. The molecule has 4 rings (SSSR count). The lowest BCUT2D eigenvalue weighted by Gasteiger charge is -2.36. The number of hydrogen-bond acceptors (Lipinski definition) is 3. The van der Waals surface area contributed by atoms with E-state index in [4.69, 9.17) is 0 Å². The number of piperazine rings is 1. The minimum absolute atomic E-state index is 0.0983. The van der Waals surface area contributed by atoms with Gasteiger partial charge in [-0.05, 0) is 29.7 Å². The largest absolute Gasteiger partial charge is 0.416 e. The Kier molecular flexibility index (Phi) is 5.63. The second-order valence-electron chi connectivity index (χ2n) is 7.39. The maximum atomic E-state index is 12.9. The van der Waals surface area contributed by atoms with Gasteiger partial charge in [0.25, 0.3) is 0 Å². The fraction of sp³-hybridized carbons (Fsp3) is 0.261. The molecule has 1 heterocycles. The van der Waals surface area contributed by atoms with Gasteiger partial charge in [-0.25, -0.2) is 0 Å². The van der Waals surface area contributed by atoms with Crippen LogP contribution in [0.3, 0.4) is 0 Å². The molecule has 1 aliphatic rings. The molecule has 0 spiro atoms. The van der Waals surface area contributed by atoms with E-state index in [0.717, 1.165) is 22.5 Å². The molecule has 0 saturated carbocycles. The molecule has 1 N–H and O–H groups in total. The van der Waals surface area contributed by atoms with Crippen LogP contribution >= 0.6 is 0 Å². The van der Waals surface area contributed by atoms with E-state index in [1.54, 1.807) is 6.07 Å². The van der Waals surface area contributed by atoms with E-state index in [9.17, 15) is 18.0 Å². The second kappa shape index (κ2) is 8.36. The van der Waals surface area contributed by atoms with Crippen molar-refractivity contribution >= 4 is 28.1 Å². The third kappa shape index (κ3) is 4.57. The summed E-state index contributed by atoms with van der Waals surface area (Å²) in [6.07, 6.45) is -4.35. The van der Waals surface area contributed by atoms with Crippen LogP contribution in [0, 0.1) is 0 Å². The molecule has 7 heteroatoms. The number of nitrogens with one attached hydrogen (secondary N) is 1. The molecule has 0 bridgehead atoms. The first-order chi connectivity index (χ1) is 14.4. The van der Waals surface area contributed by atoms with Crippen LogP contribution < -0.4 is 10.2 Å². The van der Waals surface area contributed by atoms with Gasteiger partial charge >= 0.3 is 6.18 Å². The van der Waals surface area contributed by atoms with Crippen molar-refractivity contribution < 1.29 is 18.0 Å². The van der Waals surface area contributed by atoms with Crippen LogP contribution in [0.2, 0.25) is 0 Å². The fourth-order valence-corrected chi connectivity index (χ4v) is 3.77. The van der Waals surface area contributed by atoms with Crippen LogP contribution in [0.5, 0.6) is 0 Å². The first-order valence-electron chi connectivity index (χ1n) is 9.82. The van der Waals surface area contributed by atoms with E-state index >= 15 is 0 Å². The summed E-state index contributed by atoms with van der Waals surface area (Å²) in [6, 6.07) is 19.0. The van der Waals surface area contributed by atoms with Crippen molar-refractivity contribution in [2.24, 2.45) is 0 Å². The molecular weight excluding hydrogens is 391 g/mol. The summed E-state index contributed by atoms with van der Waals surface area (Å²) in [4.78, 5) is 16.5. The normalized spacial score (nSPS) is 15.4. The van der Waals surface area contributed by atoms with E-state index in [1.165, 1.54) is 12.1 Å². The zero-order valence-corrected chi connectivity index (χ0v) is 16.3. The van der Waals surface area contributed by atoms with Crippen molar-refractivity contribution in [3.63, 3.8) is 0 Å². The summed E-state index contributed by atoms with van der Waals surface area (Å²) in [6.45, 7) is 2.61. The van der Waals surface area contributed by atoms with Crippen molar-refractivity contribution in [3.05, 3.63) is 72.3 Å². The zero-order valence-electron chi connectivity index (χ0n) is 16.3. The van der Waals surface area contributed by atoms with Crippen LogP contribution in [-0.2, 0) is 11.0 Å². The Balaban J connectivity index is 1.34. The standard InChI is InChI=1S/C23H22F3N3O/c24-23(25,26)18-7-4-8-19(15-18)29-13-11-28(12-14-29)16-22(30)27-21-10-3-6-17-5-1-2-9-20(17)21/h1-10,15H,11-14,16H2,(H,27,30). The number of rotatable bonds is 4. The monoisotopic (exact) mass is 413 g/mol. The number of anilines is 2. The lowest BCUT2D eigenvalue weighted by atomic mass is 10.1. The summed E-state index contributed by atoms with van der Waals surface area (Å²) in [5, 5.41) is 5.03. The Labute approximate surface area is 172 Å². The summed E-state index contributed by atoms with van der Waals surface area (Å²) in [5.41, 5.74) is 0.697. The predicted octanol–water partition coefficient (Wildman–Crippen LogP) is 4.62. The molecule has 0 aromatic heterocycles. The summed E-state index contributed by atoms with van der Waals surface area (Å²) >= 11 is 0. The van der Waals surface area contributed by atoms with Crippen LogP contribution in [0.1, 0.15) is 5.56 Å². The van der Waals surface area contributed by atoms with Gasteiger partial charge in [0.15, 0.2) is 0 Å². The lowest BCUT2D eigenvalue weighted by molar-refractivity contribution is -0.137. The second-order valence-corrected chi connectivity index (χ2v) is 7.39. The van der Waals surface area contributed by atoms with E-state index in [2.05, 4.69) is 5.32 Å². The number of nitrogens with zero attached hydrogens (tertiary/aromatic N) is 2. The summed E-state index contributed by atoms with van der Waals surface area (Å²) in [5.74, 6) is -0.0983. The van der Waals surface area contributed by atoms with Gasteiger partial charge in [-0.3, -0.25) is 9.69 Å². The first kappa shape index (κ1) is 20.2. The van der Waals surface area contributed by atoms with Gasteiger partial charge in [0.1, 0.15) is 0 Å². The zero-order chi connectivity index (χ0) is 21.1. The van der Waals surface area contributed by atoms with Gasteiger partial charge < -0.3 is 10.2 Å². The van der Waals surface area contributed by atoms with Crippen LogP contribution in [-0.4, -0.2) is 43.5 Å². The maximum Gasteiger partial charge on any atom is 0.416 e. The summed E-state index contributed by atoms with van der Waals surface area (Å²) < 4.78 is 38.8. The van der Waals surface area contributed by atoms with Crippen molar-refractivity contribution in [2.75, 3.05) is 42.9 Å². The molecule has 1 fully saturated rings. The van der Waals surface area contributed by atoms with Gasteiger partial charge in [0.05, 0.1) is 12.1 Å². The SMILES string of the molecule is O=C(CN1CCN(c2cccc(C(F)(F)F)c2)CC1)Nc1cccc2ccccc12. The molecule has 156 valence electrons. The lowest BCUT2D eigenvalue weighted by Crippen LogP contribution is -2.48. The first-order valence-corrected chi connectivity index (χ1v) is 9.82.